The van der Waals surface area contributed by atoms with Crippen LogP contribution in [-0.4, -0.2) is 55.7 Å². The molecule has 2 aliphatic carbocycles. The summed E-state index contributed by atoms with van der Waals surface area (Å²) in [4.78, 5) is 63.8. The van der Waals surface area contributed by atoms with E-state index in [1.165, 1.54) is 18.2 Å². The molecule has 1 saturated heterocycles. The van der Waals surface area contributed by atoms with Crippen molar-refractivity contribution in [3.63, 3.8) is 0 Å². The molecule has 0 spiro atoms. The molecule has 1 aromatic rings. The van der Waals surface area contributed by atoms with Gasteiger partial charge in [-0.3, -0.25) is 29.4 Å². The number of carbonyl (C=O) groups is 4. The molecule has 4 rings (SSSR count). The number of ether oxygens (including phenoxy) is 1. The fourth-order valence-corrected chi connectivity index (χ4v) is 7.42. The van der Waals surface area contributed by atoms with Gasteiger partial charge in [-0.2, -0.15) is 0 Å². The number of likely N-dealkylation sites (tertiary alicyclic amines) is 1. The summed E-state index contributed by atoms with van der Waals surface area (Å²) in [7, 11) is 0. The molecule has 0 unspecified atom stereocenters. The van der Waals surface area contributed by atoms with Crippen LogP contribution in [0.4, 0.5) is 5.69 Å². The third-order valence-electron chi connectivity index (χ3n) is 7.02. The van der Waals surface area contributed by atoms with E-state index in [9.17, 15) is 29.3 Å². The third-order valence-corrected chi connectivity index (χ3v) is 10.2. The van der Waals surface area contributed by atoms with Crippen molar-refractivity contribution in [2.75, 3.05) is 6.61 Å². The van der Waals surface area contributed by atoms with Crippen LogP contribution in [0.5, 0.6) is 0 Å². The molecule has 0 radical (unpaired) electrons. The van der Waals surface area contributed by atoms with E-state index >= 15 is 0 Å². The summed E-state index contributed by atoms with van der Waals surface area (Å²) in [6.45, 7) is 3.09. The molecule has 34 heavy (non-hydrogen) atoms. The van der Waals surface area contributed by atoms with E-state index in [2.05, 4.69) is 31.9 Å². The number of alkyl halides is 2. The lowest BCUT2D eigenvalue weighted by Gasteiger charge is -2.28. The SMILES string of the molecule is CC(C)C[C@H](C(=O)OCC(=O)c1cccc([N+](=O)[O-])c1)N1C(=O)[C@@H]2[C@H]3C[C@@H]([C@H](Br)[C@@H]3Br)[C@@H]2C1=O. The highest BCUT2D eigenvalue weighted by Crippen LogP contribution is 2.60. The predicted octanol–water partition coefficient (Wildman–Crippen LogP) is 3.51. The van der Waals surface area contributed by atoms with Gasteiger partial charge in [-0.05, 0) is 30.6 Å². The number of non-ortho nitro benzene ring substituents is 1. The van der Waals surface area contributed by atoms with Crippen LogP contribution >= 0.6 is 31.9 Å². The number of imide groups is 1. The highest BCUT2D eigenvalue weighted by atomic mass is 79.9. The number of nitro benzene ring substituents is 1. The van der Waals surface area contributed by atoms with E-state index in [1.54, 1.807) is 0 Å². The largest absolute Gasteiger partial charge is 0.456 e. The first kappa shape index (κ1) is 25.0. The van der Waals surface area contributed by atoms with Crippen LogP contribution in [0.15, 0.2) is 24.3 Å². The van der Waals surface area contributed by atoms with Gasteiger partial charge in [0, 0.05) is 27.4 Å². The van der Waals surface area contributed by atoms with Gasteiger partial charge in [0.25, 0.3) is 5.69 Å². The number of ketones is 1. The number of hydrogen-bond acceptors (Lipinski definition) is 7. The lowest BCUT2D eigenvalue weighted by molar-refractivity contribution is -0.384. The Kier molecular flexibility index (Phi) is 6.97. The molecule has 1 aromatic carbocycles. The Morgan fingerprint density at radius 1 is 1.15 bits per heavy atom. The monoisotopic (exact) mass is 598 g/mol. The summed E-state index contributed by atoms with van der Waals surface area (Å²) < 4.78 is 5.24. The van der Waals surface area contributed by atoms with Crippen molar-refractivity contribution in [2.24, 2.45) is 29.6 Å². The smallest absolute Gasteiger partial charge is 0.329 e. The standard InChI is InChI=1S/C23H24Br2N2O7/c1-10(2)6-15(23(31)34-9-16(28)11-4-3-5-12(7-11)27(32)33)26-21(29)17-13-8-14(18(17)22(26)30)20(25)19(13)24/h3-5,7,10,13-15,17-20H,6,8-9H2,1-2H3/t13-,14-,15-,17-,18+,19-,20+/m1/s1. The lowest BCUT2D eigenvalue weighted by Crippen LogP contribution is -2.48. The number of nitro groups is 1. The van der Waals surface area contributed by atoms with E-state index in [0.717, 1.165) is 17.4 Å². The molecule has 3 aliphatic rings. The Balaban J connectivity index is 1.50. The van der Waals surface area contributed by atoms with E-state index in [0.29, 0.717) is 0 Å². The van der Waals surface area contributed by atoms with Crippen LogP contribution in [0.3, 0.4) is 0 Å². The maximum atomic E-state index is 13.4. The highest BCUT2D eigenvalue weighted by Gasteiger charge is 2.67. The number of nitrogens with zero attached hydrogens (tertiary/aromatic N) is 2. The molecule has 2 amide bonds. The van der Waals surface area contributed by atoms with E-state index in [-0.39, 0.29) is 56.9 Å². The molecule has 7 atom stereocenters. The molecular weight excluding hydrogens is 576 g/mol. The second-order valence-corrected chi connectivity index (χ2v) is 11.6. The summed E-state index contributed by atoms with van der Waals surface area (Å²) in [5, 5.41) is 10.9. The van der Waals surface area contributed by atoms with Crippen molar-refractivity contribution in [2.45, 2.75) is 42.4 Å². The molecular formula is C23H24Br2N2O7. The molecule has 3 fully saturated rings. The molecule has 2 saturated carbocycles. The minimum atomic E-state index is -1.12. The van der Waals surface area contributed by atoms with Gasteiger partial charge in [0.2, 0.25) is 17.6 Å². The predicted molar refractivity (Wildman–Crippen MR) is 127 cm³/mol. The van der Waals surface area contributed by atoms with Crippen molar-refractivity contribution in [1.29, 1.82) is 0 Å². The first-order valence-corrected chi connectivity index (χ1v) is 12.9. The maximum Gasteiger partial charge on any atom is 0.329 e. The van der Waals surface area contributed by atoms with Crippen LogP contribution < -0.4 is 0 Å². The summed E-state index contributed by atoms with van der Waals surface area (Å²) in [6, 6.07) is 4.01. The highest BCUT2D eigenvalue weighted by molar-refractivity contribution is 9.12. The summed E-state index contributed by atoms with van der Waals surface area (Å²) in [5.41, 5.74) is -0.215. The zero-order chi connectivity index (χ0) is 24.9. The fourth-order valence-electron chi connectivity index (χ4n) is 5.54. The maximum absolute atomic E-state index is 13.4. The second kappa shape index (κ2) is 9.49. The summed E-state index contributed by atoms with van der Waals surface area (Å²) >= 11 is 7.30. The average molecular weight is 600 g/mol. The van der Waals surface area contributed by atoms with Crippen molar-refractivity contribution >= 4 is 61.1 Å². The number of Topliss-reactive ketones (excluding diaryl/α,β-unsaturated/α-hetero) is 1. The minimum Gasteiger partial charge on any atom is -0.456 e. The number of esters is 1. The minimum absolute atomic E-state index is 0.0179. The Bertz CT molecular complexity index is 1030. The van der Waals surface area contributed by atoms with Crippen molar-refractivity contribution in [3.8, 4) is 0 Å². The van der Waals surface area contributed by atoms with E-state index in [1.807, 2.05) is 13.8 Å². The Hall–Kier alpha value is -2.14. The molecule has 0 N–H and O–H groups in total. The molecule has 9 nitrogen and oxygen atoms in total. The fraction of sp³-hybridized carbons (Fsp3) is 0.565. The van der Waals surface area contributed by atoms with Gasteiger partial charge in [0.15, 0.2) is 6.61 Å². The zero-order valence-corrected chi connectivity index (χ0v) is 21.7. The van der Waals surface area contributed by atoms with Gasteiger partial charge >= 0.3 is 5.97 Å². The molecule has 1 aliphatic heterocycles. The average Bonchev–Trinajstić information content (AvgIpc) is 3.40. The van der Waals surface area contributed by atoms with E-state index in [4.69, 9.17) is 4.74 Å². The van der Waals surface area contributed by atoms with Gasteiger partial charge in [-0.15, -0.1) is 0 Å². The number of hydrogen-bond donors (Lipinski definition) is 0. The number of benzene rings is 1. The number of carbonyl (C=O) groups excluding carboxylic acids is 4. The summed E-state index contributed by atoms with van der Waals surface area (Å²) in [5.74, 6) is -3.02. The molecule has 0 aromatic heterocycles. The second-order valence-electron chi connectivity index (χ2n) is 9.53. The first-order chi connectivity index (χ1) is 16.0. The van der Waals surface area contributed by atoms with Crippen LogP contribution in [-0.2, 0) is 19.1 Å². The van der Waals surface area contributed by atoms with Crippen LogP contribution in [0.1, 0.15) is 37.0 Å². The van der Waals surface area contributed by atoms with Gasteiger partial charge in [0.05, 0.1) is 16.8 Å². The Morgan fingerprint density at radius 3 is 2.26 bits per heavy atom. The first-order valence-electron chi connectivity index (χ1n) is 11.1. The molecule has 2 bridgehead atoms. The molecule has 182 valence electrons. The van der Waals surface area contributed by atoms with Crippen molar-refractivity contribution < 1.29 is 28.8 Å². The van der Waals surface area contributed by atoms with Crippen molar-refractivity contribution in [3.05, 3.63) is 39.9 Å². The van der Waals surface area contributed by atoms with Gasteiger partial charge in [-0.25, -0.2) is 4.79 Å². The third kappa shape index (κ3) is 4.21. The number of fused-ring (bicyclic) bond motifs is 5. The normalized spacial score (nSPS) is 30.6. The van der Waals surface area contributed by atoms with Gasteiger partial charge in [0.1, 0.15) is 6.04 Å². The van der Waals surface area contributed by atoms with Crippen LogP contribution in [0, 0.1) is 39.7 Å². The zero-order valence-electron chi connectivity index (χ0n) is 18.6. The Labute approximate surface area is 213 Å². The number of rotatable bonds is 8. The van der Waals surface area contributed by atoms with Crippen LogP contribution in [0.2, 0.25) is 0 Å². The van der Waals surface area contributed by atoms with Crippen molar-refractivity contribution in [1.82, 2.24) is 4.90 Å². The number of amides is 2. The topological polar surface area (TPSA) is 124 Å². The van der Waals surface area contributed by atoms with Gasteiger partial charge in [-0.1, -0.05) is 57.8 Å². The summed E-state index contributed by atoms with van der Waals surface area (Å²) in [6.07, 6.45) is 0.995. The molecule has 1 heterocycles. The number of halogens is 2. The van der Waals surface area contributed by atoms with E-state index < -0.39 is 41.2 Å². The molecule has 11 heteroatoms. The Morgan fingerprint density at radius 2 is 1.74 bits per heavy atom. The quantitative estimate of drug-likeness (QED) is 0.112. The van der Waals surface area contributed by atoms with Crippen LogP contribution in [0.25, 0.3) is 0 Å². The van der Waals surface area contributed by atoms with Gasteiger partial charge < -0.3 is 4.74 Å². The lowest BCUT2D eigenvalue weighted by atomic mass is 9.81.